The Kier molecular flexibility index (Phi) is 7.14. The van der Waals surface area contributed by atoms with Crippen LogP contribution in [0.1, 0.15) is 12.0 Å². The van der Waals surface area contributed by atoms with Gasteiger partial charge in [0.25, 0.3) is 0 Å². The van der Waals surface area contributed by atoms with Crippen LogP contribution in [0, 0.1) is 0 Å². The van der Waals surface area contributed by atoms with Gasteiger partial charge in [-0.05, 0) is 29.8 Å². The first-order valence-corrected chi connectivity index (χ1v) is 9.59. The second kappa shape index (κ2) is 9.99. The van der Waals surface area contributed by atoms with E-state index < -0.39 is 0 Å². The van der Waals surface area contributed by atoms with Crippen molar-refractivity contribution in [2.24, 2.45) is 0 Å². The Morgan fingerprint density at radius 1 is 1.07 bits per heavy atom. The first kappa shape index (κ1) is 20.0. The summed E-state index contributed by atoms with van der Waals surface area (Å²) in [5.41, 5.74) is 2.31. The molecule has 0 aliphatic carbocycles. The SMILES string of the molecule is COc1ccccc1OCCC(=O)N(C)Cc1ccc(N2CCOCC2)cc1. The highest BCUT2D eigenvalue weighted by atomic mass is 16.5. The molecular weight excluding hydrogens is 356 g/mol. The van der Waals surface area contributed by atoms with Crippen molar-refractivity contribution in [3.63, 3.8) is 0 Å². The maximum absolute atomic E-state index is 12.4. The predicted molar refractivity (Wildman–Crippen MR) is 109 cm³/mol. The first-order valence-electron chi connectivity index (χ1n) is 9.59. The number of amides is 1. The maximum Gasteiger partial charge on any atom is 0.226 e. The molecule has 1 aliphatic heterocycles. The number of hydrogen-bond acceptors (Lipinski definition) is 5. The molecule has 28 heavy (non-hydrogen) atoms. The van der Waals surface area contributed by atoms with Gasteiger partial charge < -0.3 is 24.0 Å². The first-order chi connectivity index (χ1) is 13.7. The summed E-state index contributed by atoms with van der Waals surface area (Å²) in [4.78, 5) is 16.4. The normalized spacial score (nSPS) is 13.9. The lowest BCUT2D eigenvalue weighted by atomic mass is 10.1. The van der Waals surface area contributed by atoms with Crippen LogP contribution in [-0.4, -0.2) is 57.9 Å². The minimum Gasteiger partial charge on any atom is -0.493 e. The van der Waals surface area contributed by atoms with Crippen molar-refractivity contribution in [1.82, 2.24) is 4.90 Å². The number of ether oxygens (including phenoxy) is 3. The quantitative estimate of drug-likeness (QED) is 0.700. The van der Waals surface area contributed by atoms with Crippen molar-refractivity contribution < 1.29 is 19.0 Å². The van der Waals surface area contributed by atoms with E-state index >= 15 is 0 Å². The Hall–Kier alpha value is -2.73. The van der Waals surface area contributed by atoms with Crippen molar-refractivity contribution in [3.05, 3.63) is 54.1 Å². The van der Waals surface area contributed by atoms with Crippen LogP contribution in [0.25, 0.3) is 0 Å². The van der Waals surface area contributed by atoms with Crippen LogP contribution < -0.4 is 14.4 Å². The molecule has 6 heteroatoms. The number of methoxy groups -OCH3 is 1. The Balaban J connectivity index is 1.46. The fraction of sp³-hybridized carbons (Fsp3) is 0.409. The number of rotatable bonds is 8. The third kappa shape index (κ3) is 5.39. The van der Waals surface area contributed by atoms with Crippen LogP contribution in [-0.2, 0) is 16.1 Å². The molecule has 0 atom stereocenters. The third-order valence-electron chi connectivity index (χ3n) is 4.80. The maximum atomic E-state index is 12.4. The van der Waals surface area contributed by atoms with Gasteiger partial charge in [0.1, 0.15) is 0 Å². The highest BCUT2D eigenvalue weighted by Crippen LogP contribution is 2.25. The molecule has 0 radical (unpaired) electrons. The zero-order chi connectivity index (χ0) is 19.8. The molecule has 6 nitrogen and oxygen atoms in total. The fourth-order valence-electron chi connectivity index (χ4n) is 3.17. The smallest absolute Gasteiger partial charge is 0.226 e. The van der Waals surface area contributed by atoms with Crippen LogP contribution in [0.2, 0.25) is 0 Å². The fourth-order valence-corrected chi connectivity index (χ4v) is 3.17. The van der Waals surface area contributed by atoms with E-state index in [-0.39, 0.29) is 5.91 Å². The molecule has 0 spiro atoms. The van der Waals surface area contributed by atoms with E-state index in [0.29, 0.717) is 31.1 Å². The zero-order valence-corrected chi connectivity index (χ0v) is 16.6. The highest BCUT2D eigenvalue weighted by Gasteiger charge is 2.13. The Morgan fingerprint density at radius 3 is 2.43 bits per heavy atom. The molecule has 0 N–H and O–H groups in total. The Labute approximate surface area is 166 Å². The van der Waals surface area contributed by atoms with Gasteiger partial charge >= 0.3 is 0 Å². The minimum atomic E-state index is 0.0483. The van der Waals surface area contributed by atoms with E-state index in [9.17, 15) is 4.79 Å². The van der Waals surface area contributed by atoms with E-state index in [1.165, 1.54) is 5.69 Å². The largest absolute Gasteiger partial charge is 0.493 e. The second-order valence-corrected chi connectivity index (χ2v) is 6.76. The lowest BCUT2D eigenvalue weighted by molar-refractivity contribution is -0.130. The van der Waals surface area contributed by atoms with Crippen LogP contribution in [0.15, 0.2) is 48.5 Å². The van der Waals surface area contributed by atoms with Gasteiger partial charge in [0.05, 0.1) is 33.4 Å². The van der Waals surface area contributed by atoms with Crippen LogP contribution in [0.3, 0.4) is 0 Å². The summed E-state index contributed by atoms with van der Waals surface area (Å²) in [5.74, 6) is 1.37. The minimum absolute atomic E-state index is 0.0483. The van der Waals surface area contributed by atoms with Crippen molar-refractivity contribution in [3.8, 4) is 11.5 Å². The van der Waals surface area contributed by atoms with Gasteiger partial charge in [-0.25, -0.2) is 0 Å². The summed E-state index contributed by atoms with van der Waals surface area (Å²) in [6, 6.07) is 15.8. The average Bonchev–Trinajstić information content (AvgIpc) is 2.75. The molecule has 2 aromatic rings. The summed E-state index contributed by atoms with van der Waals surface area (Å²) < 4.78 is 16.3. The van der Waals surface area contributed by atoms with Gasteiger partial charge in [0.15, 0.2) is 11.5 Å². The molecule has 1 saturated heterocycles. The highest BCUT2D eigenvalue weighted by molar-refractivity contribution is 5.76. The van der Waals surface area contributed by atoms with Gasteiger partial charge in [-0.3, -0.25) is 4.79 Å². The lowest BCUT2D eigenvalue weighted by Crippen LogP contribution is -2.36. The Bertz CT molecular complexity index is 757. The average molecular weight is 384 g/mol. The molecule has 3 rings (SSSR count). The summed E-state index contributed by atoms with van der Waals surface area (Å²) >= 11 is 0. The number of anilines is 1. The van der Waals surface area contributed by atoms with Crippen molar-refractivity contribution >= 4 is 11.6 Å². The number of para-hydroxylation sites is 2. The lowest BCUT2D eigenvalue weighted by Gasteiger charge is -2.29. The molecule has 1 amide bonds. The topological polar surface area (TPSA) is 51.2 Å². The van der Waals surface area contributed by atoms with Crippen molar-refractivity contribution in [2.45, 2.75) is 13.0 Å². The van der Waals surface area contributed by atoms with Crippen molar-refractivity contribution in [1.29, 1.82) is 0 Å². The molecule has 0 bridgehead atoms. The standard InChI is InChI=1S/C22H28N2O4/c1-23(22(25)11-14-28-21-6-4-3-5-20(21)26-2)17-18-7-9-19(10-8-18)24-12-15-27-16-13-24/h3-10H,11-17H2,1-2H3. The van der Waals surface area contributed by atoms with Crippen molar-refractivity contribution in [2.75, 3.05) is 52.0 Å². The predicted octanol–water partition coefficient (Wildman–Crippen LogP) is 2.96. The molecule has 1 fully saturated rings. The number of nitrogens with zero attached hydrogens (tertiary/aromatic N) is 2. The van der Waals surface area contributed by atoms with Gasteiger partial charge in [-0.1, -0.05) is 24.3 Å². The number of carbonyl (C=O) groups excluding carboxylic acids is 1. The zero-order valence-electron chi connectivity index (χ0n) is 16.6. The van der Waals surface area contributed by atoms with Gasteiger partial charge in [-0.15, -0.1) is 0 Å². The number of benzene rings is 2. The molecule has 2 aromatic carbocycles. The van der Waals surface area contributed by atoms with Crippen LogP contribution in [0.4, 0.5) is 5.69 Å². The molecule has 1 aliphatic rings. The Morgan fingerprint density at radius 2 is 1.75 bits per heavy atom. The number of carbonyl (C=O) groups is 1. The molecule has 1 heterocycles. The van der Waals surface area contributed by atoms with Crippen LogP contribution in [0.5, 0.6) is 11.5 Å². The number of morpholine rings is 1. The van der Waals surface area contributed by atoms with E-state index in [2.05, 4.69) is 29.2 Å². The molecule has 0 unspecified atom stereocenters. The van der Waals surface area contributed by atoms with Gasteiger partial charge in [0, 0.05) is 32.4 Å². The molecule has 0 aromatic heterocycles. The monoisotopic (exact) mass is 384 g/mol. The summed E-state index contributed by atoms with van der Waals surface area (Å²) in [6.07, 6.45) is 0.320. The van der Waals surface area contributed by atoms with Gasteiger partial charge in [-0.2, -0.15) is 0 Å². The van der Waals surface area contributed by atoms with E-state index in [1.807, 2.05) is 31.3 Å². The number of hydrogen-bond donors (Lipinski definition) is 0. The summed E-state index contributed by atoms with van der Waals surface area (Å²) in [6.45, 7) is 4.29. The molecule has 0 saturated carbocycles. The van der Waals surface area contributed by atoms with E-state index in [0.717, 1.165) is 31.9 Å². The van der Waals surface area contributed by atoms with E-state index in [1.54, 1.807) is 12.0 Å². The van der Waals surface area contributed by atoms with E-state index in [4.69, 9.17) is 14.2 Å². The second-order valence-electron chi connectivity index (χ2n) is 6.76. The molecule has 150 valence electrons. The summed E-state index contributed by atoms with van der Waals surface area (Å²) in [7, 11) is 3.42. The molecular formula is C22H28N2O4. The van der Waals surface area contributed by atoms with Crippen LogP contribution >= 0.6 is 0 Å². The van der Waals surface area contributed by atoms with Gasteiger partial charge in [0.2, 0.25) is 5.91 Å². The summed E-state index contributed by atoms with van der Waals surface area (Å²) in [5, 5.41) is 0. The third-order valence-corrected chi connectivity index (χ3v) is 4.80.